The Kier molecular flexibility index (Phi) is 12.7. The summed E-state index contributed by atoms with van der Waals surface area (Å²) >= 11 is 0. The van der Waals surface area contributed by atoms with Gasteiger partial charge in [0, 0.05) is 30.6 Å². The molecule has 1 saturated heterocycles. The molecular formula is C31H36F6N4O4S. The summed E-state index contributed by atoms with van der Waals surface area (Å²) in [7, 11) is -3.28. The molecule has 1 fully saturated rings. The van der Waals surface area contributed by atoms with Crippen LogP contribution in [-0.4, -0.2) is 72.9 Å². The number of hydrogen-bond acceptors (Lipinski definition) is 6. The minimum atomic E-state index is -5.77. The third-order valence-corrected chi connectivity index (χ3v) is 8.12. The highest BCUT2D eigenvalue weighted by Gasteiger charge is 2.54. The van der Waals surface area contributed by atoms with E-state index in [-0.39, 0.29) is 6.04 Å². The van der Waals surface area contributed by atoms with E-state index in [0.717, 1.165) is 63.1 Å². The van der Waals surface area contributed by atoms with Crippen molar-refractivity contribution in [1.82, 2.24) is 19.4 Å². The van der Waals surface area contributed by atoms with Gasteiger partial charge in [-0.1, -0.05) is 60.7 Å². The molecular weight excluding hydrogens is 638 g/mol. The number of Topliss-reactive ketones (excluding diaryl/α,β-unsaturated/α-hetero) is 2. The number of aryl methyl sites for hydroxylation is 1. The number of carbonyl (C=O) groups is 2. The number of sulfonamides is 1. The molecule has 1 aliphatic rings. The molecule has 2 aromatic carbocycles. The van der Waals surface area contributed by atoms with Crippen LogP contribution in [0.15, 0.2) is 66.7 Å². The van der Waals surface area contributed by atoms with Gasteiger partial charge in [-0.25, -0.2) is 13.1 Å². The number of benzene rings is 2. The fraction of sp³-hybridized carbons (Fsp3) is 0.452. The summed E-state index contributed by atoms with van der Waals surface area (Å²) < 4.78 is 95.8. The molecule has 3 aromatic rings. The first-order chi connectivity index (χ1) is 21.5. The van der Waals surface area contributed by atoms with Crippen LogP contribution in [0.2, 0.25) is 0 Å². The maximum atomic E-state index is 11.9. The van der Waals surface area contributed by atoms with Crippen LogP contribution in [0.1, 0.15) is 60.7 Å². The standard InChI is InChI=1S/C27H36N4O2S.C4F6O2/c1-3-31-27(21-25(28-31)20-22-10-6-4-7-11-22)24-14-17-30(18-15-24)19-16-26(29-34(2,32)33)23-12-8-5-9-13-23;5-3(6,7)1(11)2(12)4(8,9)10/h4-13,21,24,26,29H,3,14-20H2,1-2H3;/t26-;/m0./s1. The van der Waals surface area contributed by atoms with Crippen molar-refractivity contribution in [3.8, 4) is 0 Å². The van der Waals surface area contributed by atoms with Gasteiger partial charge in [0.1, 0.15) is 0 Å². The number of halogens is 6. The minimum Gasteiger partial charge on any atom is -0.303 e. The maximum Gasteiger partial charge on any atom is 0.458 e. The molecule has 0 radical (unpaired) electrons. The minimum absolute atomic E-state index is 0.198. The molecule has 46 heavy (non-hydrogen) atoms. The van der Waals surface area contributed by atoms with Gasteiger partial charge in [-0.2, -0.15) is 31.4 Å². The van der Waals surface area contributed by atoms with Crippen LogP contribution in [0.5, 0.6) is 0 Å². The van der Waals surface area contributed by atoms with Crippen molar-refractivity contribution in [2.75, 3.05) is 25.9 Å². The van der Waals surface area contributed by atoms with Gasteiger partial charge in [0.25, 0.3) is 0 Å². The number of alkyl halides is 6. The third-order valence-electron chi connectivity index (χ3n) is 7.41. The Hall–Kier alpha value is -3.56. The van der Waals surface area contributed by atoms with E-state index in [1.54, 1.807) is 0 Å². The molecule has 15 heteroatoms. The molecule has 2 heterocycles. The van der Waals surface area contributed by atoms with Crippen LogP contribution >= 0.6 is 0 Å². The van der Waals surface area contributed by atoms with Crippen LogP contribution in [0.4, 0.5) is 26.3 Å². The molecule has 0 bridgehead atoms. The molecule has 1 aromatic heterocycles. The van der Waals surface area contributed by atoms with Crippen LogP contribution in [0.3, 0.4) is 0 Å². The predicted molar refractivity (Wildman–Crippen MR) is 159 cm³/mol. The summed E-state index contributed by atoms with van der Waals surface area (Å²) in [5, 5.41) is 4.88. The second kappa shape index (κ2) is 15.8. The number of piperidine rings is 1. The molecule has 4 rings (SSSR count). The summed E-state index contributed by atoms with van der Waals surface area (Å²) in [6, 6.07) is 22.5. The van der Waals surface area contributed by atoms with Crippen molar-refractivity contribution in [3.63, 3.8) is 0 Å². The third kappa shape index (κ3) is 11.4. The molecule has 1 atom stereocenters. The normalized spacial score (nSPS) is 15.6. The molecule has 1 N–H and O–H groups in total. The van der Waals surface area contributed by atoms with Crippen molar-refractivity contribution in [2.24, 2.45) is 0 Å². The summed E-state index contributed by atoms with van der Waals surface area (Å²) in [6.45, 7) is 5.97. The quantitative estimate of drug-likeness (QED) is 0.210. The number of nitrogens with zero attached hydrogens (tertiary/aromatic N) is 3. The summed E-state index contributed by atoms with van der Waals surface area (Å²) in [5.74, 6) is -6.29. The van der Waals surface area contributed by atoms with Crippen LogP contribution < -0.4 is 4.72 Å². The lowest BCUT2D eigenvalue weighted by Crippen LogP contribution is -2.39. The van der Waals surface area contributed by atoms with Gasteiger partial charge in [-0.3, -0.25) is 14.3 Å². The van der Waals surface area contributed by atoms with Crippen LogP contribution in [0.25, 0.3) is 0 Å². The Morgan fingerprint density at radius 2 is 1.43 bits per heavy atom. The number of nitrogens with one attached hydrogen (secondary N) is 1. The van der Waals surface area contributed by atoms with Gasteiger partial charge < -0.3 is 4.90 Å². The lowest BCUT2D eigenvalue weighted by atomic mass is 9.92. The van der Waals surface area contributed by atoms with E-state index in [1.165, 1.54) is 17.5 Å². The first-order valence-corrected chi connectivity index (χ1v) is 16.4. The SMILES string of the molecule is CCn1nc(Cc2ccccc2)cc1C1CCN(CC[C@H](NS(C)(=O)=O)c2ccccc2)CC1.O=C(C(=O)C(F)(F)F)C(F)(F)F. The van der Waals surface area contributed by atoms with E-state index in [4.69, 9.17) is 5.10 Å². The van der Waals surface area contributed by atoms with Crippen LogP contribution in [-0.2, 0) is 32.6 Å². The van der Waals surface area contributed by atoms with Gasteiger partial charge in [0.15, 0.2) is 0 Å². The van der Waals surface area contributed by atoms with Crippen LogP contribution in [0, 0.1) is 0 Å². The second-order valence-corrected chi connectivity index (χ2v) is 12.7. The van der Waals surface area contributed by atoms with Gasteiger partial charge >= 0.3 is 23.9 Å². The highest BCUT2D eigenvalue weighted by atomic mass is 32.2. The Balaban J connectivity index is 0.000000409. The molecule has 0 saturated carbocycles. The number of hydrogen-bond donors (Lipinski definition) is 1. The Bertz CT molecular complexity index is 1510. The average Bonchev–Trinajstić information content (AvgIpc) is 3.41. The highest BCUT2D eigenvalue weighted by Crippen LogP contribution is 2.30. The number of likely N-dealkylation sites (tertiary alicyclic amines) is 1. The van der Waals surface area contributed by atoms with E-state index in [0.29, 0.717) is 5.92 Å². The van der Waals surface area contributed by atoms with Crippen molar-refractivity contribution in [2.45, 2.75) is 63.5 Å². The molecule has 0 amide bonds. The van der Waals surface area contributed by atoms with Crippen molar-refractivity contribution in [3.05, 3.63) is 89.2 Å². The second-order valence-electron chi connectivity index (χ2n) is 11.0. The lowest BCUT2D eigenvalue weighted by Gasteiger charge is -2.33. The van der Waals surface area contributed by atoms with Gasteiger partial charge in [-0.15, -0.1) is 0 Å². The molecule has 0 spiro atoms. The summed E-state index contributed by atoms with van der Waals surface area (Å²) in [5.41, 5.74) is 4.80. The summed E-state index contributed by atoms with van der Waals surface area (Å²) in [4.78, 5) is 21.7. The van der Waals surface area contributed by atoms with Crippen molar-refractivity contribution in [1.29, 1.82) is 0 Å². The zero-order chi connectivity index (χ0) is 34.1. The van der Waals surface area contributed by atoms with Gasteiger partial charge in [0.05, 0.1) is 11.9 Å². The monoisotopic (exact) mass is 674 g/mol. The van der Waals surface area contributed by atoms with E-state index >= 15 is 0 Å². The van der Waals surface area contributed by atoms with E-state index in [9.17, 15) is 44.3 Å². The first-order valence-electron chi connectivity index (χ1n) is 14.6. The molecule has 0 aliphatic carbocycles. The fourth-order valence-electron chi connectivity index (χ4n) is 5.22. The zero-order valence-electron chi connectivity index (χ0n) is 25.3. The number of rotatable bonds is 11. The number of carbonyl (C=O) groups excluding carboxylic acids is 2. The topological polar surface area (TPSA) is 101 Å². The molecule has 0 unspecified atom stereocenters. The van der Waals surface area contributed by atoms with Gasteiger partial charge in [0.2, 0.25) is 10.0 Å². The van der Waals surface area contributed by atoms with Crippen molar-refractivity contribution < 1.29 is 44.3 Å². The molecule has 1 aliphatic heterocycles. The lowest BCUT2D eigenvalue weighted by molar-refractivity contribution is -0.193. The largest absolute Gasteiger partial charge is 0.458 e. The van der Waals surface area contributed by atoms with E-state index in [1.807, 2.05) is 36.4 Å². The Labute approximate surface area is 263 Å². The Morgan fingerprint density at radius 1 is 0.913 bits per heavy atom. The predicted octanol–water partition coefficient (Wildman–Crippen LogP) is 5.60. The smallest absolute Gasteiger partial charge is 0.303 e. The van der Waals surface area contributed by atoms with E-state index in [2.05, 4.69) is 51.6 Å². The fourth-order valence-corrected chi connectivity index (χ4v) is 5.99. The maximum absolute atomic E-state index is 11.9. The average molecular weight is 675 g/mol. The summed E-state index contributed by atoms with van der Waals surface area (Å²) in [6.07, 6.45) is -6.47. The first kappa shape index (κ1) is 36.9. The zero-order valence-corrected chi connectivity index (χ0v) is 26.1. The molecule has 252 valence electrons. The molecule has 8 nitrogen and oxygen atoms in total. The van der Waals surface area contributed by atoms with Gasteiger partial charge in [-0.05, 0) is 63.0 Å². The number of ketones is 2. The van der Waals surface area contributed by atoms with Crippen molar-refractivity contribution >= 4 is 21.6 Å². The Morgan fingerprint density at radius 3 is 1.91 bits per heavy atom. The highest BCUT2D eigenvalue weighted by molar-refractivity contribution is 7.88. The van der Waals surface area contributed by atoms with E-state index < -0.39 is 33.9 Å². The number of aromatic nitrogens is 2.